The maximum absolute atomic E-state index is 13.3. The fourth-order valence-electron chi connectivity index (χ4n) is 3.33. The zero-order valence-electron chi connectivity index (χ0n) is 12.9. The summed E-state index contributed by atoms with van der Waals surface area (Å²) in [6.45, 7) is 7.34. The maximum atomic E-state index is 13.3. The molecule has 1 saturated carbocycles. The van der Waals surface area contributed by atoms with Crippen LogP contribution in [0.2, 0.25) is 0 Å². The number of hydrogen-bond acceptors (Lipinski definition) is 2. The second kappa shape index (κ2) is 5.82. The molecule has 0 heterocycles. The Kier molecular flexibility index (Phi) is 4.50. The molecule has 2 unspecified atom stereocenters. The number of hydrogen-bond donors (Lipinski definition) is 2. The van der Waals surface area contributed by atoms with E-state index in [2.05, 4.69) is 26.1 Å². The summed E-state index contributed by atoms with van der Waals surface area (Å²) < 4.78 is 13.3. The molecule has 0 radical (unpaired) electrons. The Morgan fingerprint density at radius 2 is 2.20 bits per heavy atom. The summed E-state index contributed by atoms with van der Waals surface area (Å²) >= 11 is 0. The van der Waals surface area contributed by atoms with E-state index in [1.54, 1.807) is 12.1 Å². The van der Waals surface area contributed by atoms with Gasteiger partial charge in [0.25, 0.3) is 0 Å². The van der Waals surface area contributed by atoms with E-state index in [9.17, 15) is 4.39 Å². The van der Waals surface area contributed by atoms with Crippen LogP contribution in [-0.2, 0) is 6.42 Å². The average molecular weight is 278 g/mol. The first-order valence-corrected chi connectivity index (χ1v) is 7.54. The Balaban J connectivity index is 2.02. The number of nitrogens with one attached hydrogen (secondary N) is 1. The first kappa shape index (κ1) is 15.5. The summed E-state index contributed by atoms with van der Waals surface area (Å²) in [5.74, 6) is -0.177. The largest absolute Gasteiger partial charge is 0.329 e. The van der Waals surface area contributed by atoms with Gasteiger partial charge in [0.15, 0.2) is 0 Å². The molecule has 0 spiro atoms. The monoisotopic (exact) mass is 278 g/mol. The van der Waals surface area contributed by atoms with Crippen LogP contribution in [0.1, 0.15) is 45.6 Å². The Labute approximate surface area is 121 Å². The molecule has 112 valence electrons. The minimum Gasteiger partial charge on any atom is -0.329 e. The lowest BCUT2D eigenvalue weighted by Crippen LogP contribution is -2.54. The Hall–Kier alpha value is -0.930. The van der Waals surface area contributed by atoms with Crippen molar-refractivity contribution in [2.75, 3.05) is 6.54 Å². The van der Waals surface area contributed by atoms with Crippen LogP contribution in [0.5, 0.6) is 0 Å². The highest BCUT2D eigenvalue weighted by molar-refractivity contribution is 5.19. The van der Waals surface area contributed by atoms with Gasteiger partial charge in [-0.05, 0) is 55.7 Å². The van der Waals surface area contributed by atoms with Gasteiger partial charge in [-0.1, -0.05) is 26.0 Å². The highest BCUT2D eigenvalue weighted by atomic mass is 19.1. The van der Waals surface area contributed by atoms with Gasteiger partial charge >= 0.3 is 0 Å². The van der Waals surface area contributed by atoms with Gasteiger partial charge in [0.1, 0.15) is 5.82 Å². The third-order valence-corrected chi connectivity index (χ3v) is 4.45. The zero-order valence-corrected chi connectivity index (χ0v) is 12.9. The van der Waals surface area contributed by atoms with E-state index in [1.165, 1.54) is 25.3 Å². The van der Waals surface area contributed by atoms with Gasteiger partial charge in [-0.15, -0.1) is 0 Å². The van der Waals surface area contributed by atoms with Gasteiger partial charge in [0.05, 0.1) is 0 Å². The van der Waals surface area contributed by atoms with Gasteiger partial charge in [-0.2, -0.15) is 0 Å². The molecule has 1 aromatic rings. The van der Waals surface area contributed by atoms with Crippen LogP contribution in [0, 0.1) is 11.2 Å². The van der Waals surface area contributed by atoms with Crippen molar-refractivity contribution < 1.29 is 4.39 Å². The van der Waals surface area contributed by atoms with Crippen molar-refractivity contribution in [1.82, 2.24) is 5.32 Å². The second-order valence-electron chi connectivity index (χ2n) is 7.32. The third-order valence-electron chi connectivity index (χ3n) is 4.45. The molecule has 3 heteroatoms. The summed E-state index contributed by atoms with van der Waals surface area (Å²) in [5.41, 5.74) is 7.24. The van der Waals surface area contributed by atoms with E-state index in [-0.39, 0.29) is 11.4 Å². The molecule has 1 fully saturated rings. The summed E-state index contributed by atoms with van der Waals surface area (Å²) in [5, 5.41) is 3.72. The highest BCUT2D eigenvalue weighted by Crippen LogP contribution is 2.37. The molecule has 0 amide bonds. The minimum absolute atomic E-state index is 0.168. The fraction of sp³-hybridized carbons (Fsp3) is 0.647. The van der Waals surface area contributed by atoms with Gasteiger partial charge in [0.2, 0.25) is 0 Å². The van der Waals surface area contributed by atoms with Crippen LogP contribution < -0.4 is 11.1 Å². The lowest BCUT2D eigenvalue weighted by Gasteiger charge is -2.33. The van der Waals surface area contributed by atoms with Crippen LogP contribution in [0.4, 0.5) is 4.39 Å². The van der Waals surface area contributed by atoms with Crippen molar-refractivity contribution in [2.24, 2.45) is 11.1 Å². The molecule has 0 aromatic heterocycles. The number of benzene rings is 1. The molecule has 2 rings (SSSR count). The summed E-state index contributed by atoms with van der Waals surface area (Å²) in [4.78, 5) is 0. The molecule has 0 aliphatic heterocycles. The van der Waals surface area contributed by atoms with Gasteiger partial charge in [0, 0.05) is 18.1 Å². The first-order chi connectivity index (χ1) is 9.32. The fourth-order valence-corrected chi connectivity index (χ4v) is 3.33. The van der Waals surface area contributed by atoms with Crippen LogP contribution in [0.15, 0.2) is 24.3 Å². The zero-order chi connectivity index (χ0) is 14.8. The molecule has 0 bridgehead atoms. The molecule has 0 saturated heterocycles. The number of nitrogens with two attached hydrogens (primary N) is 1. The molecule has 20 heavy (non-hydrogen) atoms. The number of rotatable bonds is 5. The van der Waals surface area contributed by atoms with E-state index in [0.29, 0.717) is 18.0 Å². The maximum Gasteiger partial charge on any atom is 0.123 e. The molecule has 2 nitrogen and oxygen atoms in total. The standard InChI is InChI=1S/C17H27FN2/c1-16(2)8-7-15(11-16)20-17(3,12-19)10-13-5-4-6-14(18)9-13/h4-6,9,15,20H,7-8,10-12,19H2,1-3H3. The molecule has 1 aromatic carbocycles. The van der Waals surface area contributed by atoms with Crippen LogP contribution in [0.25, 0.3) is 0 Å². The lowest BCUT2D eigenvalue weighted by atomic mass is 9.89. The minimum atomic E-state index is -0.177. The van der Waals surface area contributed by atoms with Crippen LogP contribution in [0.3, 0.4) is 0 Å². The van der Waals surface area contributed by atoms with Crippen molar-refractivity contribution in [3.63, 3.8) is 0 Å². The van der Waals surface area contributed by atoms with Crippen LogP contribution >= 0.6 is 0 Å². The van der Waals surface area contributed by atoms with Crippen molar-refractivity contribution in [3.8, 4) is 0 Å². The quantitative estimate of drug-likeness (QED) is 0.867. The molecular formula is C17H27FN2. The smallest absolute Gasteiger partial charge is 0.123 e. The van der Waals surface area contributed by atoms with E-state index >= 15 is 0 Å². The van der Waals surface area contributed by atoms with Crippen molar-refractivity contribution >= 4 is 0 Å². The average Bonchev–Trinajstić information content (AvgIpc) is 2.68. The second-order valence-corrected chi connectivity index (χ2v) is 7.32. The Morgan fingerprint density at radius 3 is 2.75 bits per heavy atom. The SMILES string of the molecule is CC1(C)CCC(NC(C)(CN)Cc2cccc(F)c2)C1. The summed E-state index contributed by atoms with van der Waals surface area (Å²) in [6.07, 6.45) is 4.40. The predicted octanol–water partition coefficient (Wildman–Crippen LogP) is 3.25. The molecule has 1 aliphatic rings. The summed E-state index contributed by atoms with van der Waals surface area (Å²) in [7, 11) is 0. The highest BCUT2D eigenvalue weighted by Gasteiger charge is 2.35. The summed E-state index contributed by atoms with van der Waals surface area (Å²) in [6, 6.07) is 7.34. The van der Waals surface area contributed by atoms with E-state index in [1.807, 2.05) is 6.07 Å². The van der Waals surface area contributed by atoms with Crippen LogP contribution in [-0.4, -0.2) is 18.1 Å². The van der Waals surface area contributed by atoms with Gasteiger partial charge < -0.3 is 11.1 Å². The normalized spacial score (nSPS) is 24.6. The first-order valence-electron chi connectivity index (χ1n) is 7.54. The Morgan fingerprint density at radius 1 is 1.45 bits per heavy atom. The van der Waals surface area contributed by atoms with E-state index < -0.39 is 0 Å². The third kappa shape index (κ3) is 4.03. The van der Waals surface area contributed by atoms with Gasteiger partial charge in [-0.25, -0.2) is 4.39 Å². The van der Waals surface area contributed by atoms with Crippen molar-refractivity contribution in [2.45, 2.75) is 58.0 Å². The molecular weight excluding hydrogens is 251 g/mol. The number of halogens is 1. The van der Waals surface area contributed by atoms with Gasteiger partial charge in [-0.3, -0.25) is 0 Å². The van der Waals surface area contributed by atoms with Crippen molar-refractivity contribution in [1.29, 1.82) is 0 Å². The predicted molar refractivity (Wildman–Crippen MR) is 82.1 cm³/mol. The topological polar surface area (TPSA) is 38.0 Å². The Bertz CT molecular complexity index is 458. The molecule has 3 N–H and O–H groups in total. The van der Waals surface area contributed by atoms with E-state index in [4.69, 9.17) is 5.73 Å². The molecule has 2 atom stereocenters. The molecule has 1 aliphatic carbocycles. The van der Waals surface area contributed by atoms with Crippen molar-refractivity contribution in [3.05, 3.63) is 35.6 Å². The van der Waals surface area contributed by atoms with E-state index in [0.717, 1.165) is 12.0 Å². The lowest BCUT2D eigenvalue weighted by molar-refractivity contribution is 0.293.